The van der Waals surface area contributed by atoms with Crippen LogP contribution in [0.5, 0.6) is 0 Å². The van der Waals surface area contributed by atoms with Crippen molar-refractivity contribution in [1.82, 2.24) is 4.98 Å². The predicted molar refractivity (Wildman–Crippen MR) is 84.6 cm³/mol. The molecular formula is C17H19N3O2. The summed E-state index contributed by atoms with van der Waals surface area (Å²) in [6.07, 6.45) is 8.10. The van der Waals surface area contributed by atoms with Gasteiger partial charge in [-0.3, -0.25) is 4.79 Å². The van der Waals surface area contributed by atoms with Crippen molar-refractivity contribution in [2.75, 3.05) is 12.3 Å². The number of hydrogen-bond acceptors (Lipinski definition) is 5. The summed E-state index contributed by atoms with van der Waals surface area (Å²) in [5.74, 6) is -1.11. The summed E-state index contributed by atoms with van der Waals surface area (Å²) in [6, 6.07) is 5.43. The third kappa shape index (κ3) is 3.53. The number of allylic oxidation sites excluding steroid dienone is 4. The topological polar surface area (TPSA) is 89.0 Å². The van der Waals surface area contributed by atoms with Gasteiger partial charge in [0.15, 0.2) is 0 Å². The fraction of sp³-hybridized carbons (Fsp3) is 0.353. The molecule has 0 saturated carbocycles. The van der Waals surface area contributed by atoms with Gasteiger partial charge in [-0.05, 0) is 37.5 Å². The van der Waals surface area contributed by atoms with E-state index in [1.54, 1.807) is 19.1 Å². The molecule has 1 aliphatic rings. The van der Waals surface area contributed by atoms with Crippen LogP contribution in [0.25, 0.3) is 5.57 Å². The fourth-order valence-electron chi connectivity index (χ4n) is 2.34. The van der Waals surface area contributed by atoms with Crippen molar-refractivity contribution in [2.24, 2.45) is 0 Å². The minimum Gasteiger partial charge on any atom is -0.465 e. The Balaban J connectivity index is 2.38. The molecule has 0 aromatic carbocycles. The first-order chi connectivity index (χ1) is 10.7. The Kier molecular flexibility index (Phi) is 5.31. The summed E-state index contributed by atoms with van der Waals surface area (Å²) in [5, 5.41) is 8.95. The molecule has 22 heavy (non-hydrogen) atoms. The number of carbonyl (C=O) groups is 1. The molecule has 0 aliphatic heterocycles. The lowest BCUT2D eigenvalue weighted by molar-refractivity contribution is -0.144. The van der Waals surface area contributed by atoms with Crippen LogP contribution in [0.3, 0.4) is 0 Å². The monoisotopic (exact) mass is 297 g/mol. The molecule has 1 unspecified atom stereocenters. The highest BCUT2D eigenvalue weighted by Crippen LogP contribution is 2.28. The van der Waals surface area contributed by atoms with Crippen LogP contribution in [0.1, 0.15) is 43.5 Å². The second-order valence-electron chi connectivity index (χ2n) is 4.98. The molecule has 1 aromatic heterocycles. The van der Waals surface area contributed by atoms with E-state index >= 15 is 0 Å². The quantitative estimate of drug-likeness (QED) is 0.844. The van der Waals surface area contributed by atoms with Crippen LogP contribution in [-0.2, 0) is 9.53 Å². The predicted octanol–water partition coefficient (Wildman–Crippen LogP) is 2.96. The zero-order valence-electron chi connectivity index (χ0n) is 12.6. The highest BCUT2D eigenvalue weighted by molar-refractivity contribution is 5.81. The Bertz CT molecular complexity index is 656. The normalized spacial score (nSPS) is 14.8. The van der Waals surface area contributed by atoms with Crippen molar-refractivity contribution in [3.8, 4) is 6.07 Å². The zero-order chi connectivity index (χ0) is 15.9. The van der Waals surface area contributed by atoms with Crippen LogP contribution in [0.15, 0.2) is 30.4 Å². The average Bonchev–Trinajstić information content (AvgIpc) is 2.54. The summed E-state index contributed by atoms with van der Waals surface area (Å²) in [5.41, 5.74) is 8.69. The smallest absolute Gasteiger partial charge is 0.316 e. The number of ether oxygens (including phenoxy) is 1. The molecule has 114 valence electrons. The molecule has 1 heterocycles. The van der Waals surface area contributed by atoms with Crippen LogP contribution in [0.4, 0.5) is 5.69 Å². The van der Waals surface area contributed by atoms with Crippen molar-refractivity contribution < 1.29 is 9.53 Å². The van der Waals surface area contributed by atoms with E-state index in [4.69, 9.17) is 15.7 Å². The molecule has 0 fully saturated rings. The van der Waals surface area contributed by atoms with Gasteiger partial charge in [0.1, 0.15) is 5.92 Å². The number of esters is 1. The highest BCUT2D eigenvalue weighted by atomic mass is 16.5. The third-order valence-corrected chi connectivity index (χ3v) is 3.44. The van der Waals surface area contributed by atoms with Gasteiger partial charge in [0.25, 0.3) is 0 Å². The standard InChI is InChI=1S/C17H19N3O2/c1-2-22-17(21)13(10-11-18)15-9-8-14(19)16(20-15)12-6-4-3-5-7-12/h4,6-9,13H,2-3,5,10,19H2,1H3. The summed E-state index contributed by atoms with van der Waals surface area (Å²) in [7, 11) is 0. The minimum absolute atomic E-state index is 0.0318. The van der Waals surface area contributed by atoms with Gasteiger partial charge in [0.05, 0.1) is 36.2 Å². The molecule has 0 radical (unpaired) electrons. The van der Waals surface area contributed by atoms with Crippen molar-refractivity contribution in [3.63, 3.8) is 0 Å². The molecule has 0 amide bonds. The van der Waals surface area contributed by atoms with Crippen molar-refractivity contribution in [1.29, 1.82) is 5.26 Å². The molecule has 0 saturated heterocycles. The number of pyridine rings is 1. The van der Waals surface area contributed by atoms with Crippen LogP contribution >= 0.6 is 0 Å². The lowest BCUT2D eigenvalue weighted by atomic mass is 9.98. The maximum absolute atomic E-state index is 12.0. The van der Waals surface area contributed by atoms with E-state index in [0.717, 1.165) is 18.4 Å². The Morgan fingerprint density at radius 3 is 2.95 bits per heavy atom. The van der Waals surface area contributed by atoms with E-state index in [0.29, 0.717) is 17.1 Å². The van der Waals surface area contributed by atoms with Gasteiger partial charge in [-0.15, -0.1) is 0 Å². The molecule has 0 spiro atoms. The molecule has 5 nitrogen and oxygen atoms in total. The Labute approximate surface area is 130 Å². The van der Waals surface area contributed by atoms with Crippen molar-refractivity contribution in [2.45, 2.75) is 32.1 Å². The lowest BCUT2D eigenvalue weighted by Crippen LogP contribution is -2.17. The maximum atomic E-state index is 12.0. The Morgan fingerprint density at radius 1 is 1.50 bits per heavy atom. The molecule has 2 rings (SSSR count). The van der Waals surface area contributed by atoms with Gasteiger partial charge in [-0.25, -0.2) is 4.98 Å². The number of nitrogen functional groups attached to an aromatic ring is 1. The van der Waals surface area contributed by atoms with E-state index in [1.807, 2.05) is 12.1 Å². The van der Waals surface area contributed by atoms with Gasteiger partial charge in [0.2, 0.25) is 0 Å². The molecule has 5 heteroatoms. The first kappa shape index (κ1) is 15.8. The van der Waals surface area contributed by atoms with Crippen molar-refractivity contribution in [3.05, 3.63) is 41.7 Å². The van der Waals surface area contributed by atoms with Crippen LogP contribution in [-0.4, -0.2) is 17.6 Å². The Hall–Kier alpha value is -2.61. The number of hydrogen-bond donors (Lipinski definition) is 1. The number of aromatic nitrogens is 1. The van der Waals surface area contributed by atoms with Gasteiger partial charge in [-0.1, -0.05) is 18.2 Å². The number of nitrogens with two attached hydrogens (primary N) is 1. The average molecular weight is 297 g/mol. The van der Waals surface area contributed by atoms with Gasteiger partial charge >= 0.3 is 5.97 Å². The number of anilines is 1. The minimum atomic E-state index is -0.683. The first-order valence-electron chi connectivity index (χ1n) is 7.34. The molecule has 1 atom stereocenters. The number of nitriles is 1. The first-order valence-corrected chi connectivity index (χ1v) is 7.34. The highest BCUT2D eigenvalue weighted by Gasteiger charge is 2.24. The van der Waals surface area contributed by atoms with E-state index < -0.39 is 11.9 Å². The number of rotatable bonds is 5. The van der Waals surface area contributed by atoms with E-state index in [-0.39, 0.29) is 13.0 Å². The number of nitrogens with zero attached hydrogens (tertiary/aromatic N) is 2. The molecule has 1 aromatic rings. The van der Waals surface area contributed by atoms with Gasteiger partial charge in [-0.2, -0.15) is 5.26 Å². The SMILES string of the molecule is CCOC(=O)C(CC#N)c1ccc(N)c(C2=CCCC=C2)n1. The zero-order valence-corrected chi connectivity index (χ0v) is 12.6. The molecular weight excluding hydrogens is 278 g/mol. The maximum Gasteiger partial charge on any atom is 0.316 e. The van der Waals surface area contributed by atoms with E-state index in [2.05, 4.69) is 17.1 Å². The summed E-state index contributed by atoms with van der Waals surface area (Å²) >= 11 is 0. The van der Waals surface area contributed by atoms with E-state index in [9.17, 15) is 4.79 Å². The van der Waals surface area contributed by atoms with Crippen LogP contribution in [0.2, 0.25) is 0 Å². The molecule has 2 N–H and O–H groups in total. The molecule has 0 bridgehead atoms. The van der Waals surface area contributed by atoms with Crippen LogP contribution < -0.4 is 5.73 Å². The molecule has 1 aliphatic carbocycles. The number of carbonyl (C=O) groups excluding carboxylic acids is 1. The van der Waals surface area contributed by atoms with Gasteiger partial charge < -0.3 is 10.5 Å². The Morgan fingerprint density at radius 2 is 2.32 bits per heavy atom. The van der Waals surface area contributed by atoms with Crippen molar-refractivity contribution >= 4 is 17.2 Å². The van der Waals surface area contributed by atoms with E-state index in [1.165, 1.54) is 0 Å². The largest absolute Gasteiger partial charge is 0.465 e. The summed E-state index contributed by atoms with van der Waals surface area (Å²) in [4.78, 5) is 16.6. The lowest BCUT2D eigenvalue weighted by Gasteiger charge is -2.15. The second-order valence-corrected chi connectivity index (χ2v) is 4.98. The summed E-state index contributed by atoms with van der Waals surface area (Å²) in [6.45, 7) is 2.01. The second kappa shape index (κ2) is 7.41. The van der Waals surface area contributed by atoms with Crippen LogP contribution in [0, 0.1) is 11.3 Å². The summed E-state index contributed by atoms with van der Waals surface area (Å²) < 4.78 is 5.04. The third-order valence-electron chi connectivity index (χ3n) is 3.44. The van der Waals surface area contributed by atoms with Gasteiger partial charge in [0, 0.05) is 0 Å². The fourth-order valence-corrected chi connectivity index (χ4v) is 2.34.